The van der Waals surface area contributed by atoms with E-state index in [2.05, 4.69) is 145 Å². The number of anilines is 3. The van der Waals surface area contributed by atoms with Crippen LogP contribution in [0.15, 0.2) is 126 Å². The predicted molar refractivity (Wildman–Crippen MR) is 201 cm³/mol. The maximum atomic E-state index is 6.65. The molecule has 0 amide bonds. The fourth-order valence-corrected chi connectivity index (χ4v) is 12.6. The van der Waals surface area contributed by atoms with Crippen LogP contribution in [0.4, 0.5) is 17.1 Å². The summed E-state index contributed by atoms with van der Waals surface area (Å²) < 4.78 is 9.34. The van der Waals surface area contributed by atoms with Crippen LogP contribution in [0.5, 0.6) is 0 Å². The number of aryl methyl sites for hydroxylation is 1. The van der Waals surface area contributed by atoms with Gasteiger partial charge >= 0.3 is 0 Å². The number of allylic oxidation sites excluding steroid dienone is 1. The lowest BCUT2D eigenvalue weighted by atomic mass is 9.95. The van der Waals surface area contributed by atoms with Gasteiger partial charge in [-0.3, -0.25) is 0 Å². The Bertz CT molecular complexity index is 2570. The lowest BCUT2D eigenvalue weighted by Crippen LogP contribution is -2.49. The van der Waals surface area contributed by atoms with E-state index in [1.165, 1.54) is 69.3 Å². The van der Waals surface area contributed by atoms with E-state index in [9.17, 15) is 0 Å². The molecule has 0 bridgehead atoms. The highest BCUT2D eigenvalue weighted by molar-refractivity contribution is 7.27. The van der Waals surface area contributed by atoms with Crippen molar-refractivity contribution in [1.82, 2.24) is 0 Å². The number of hydrogen-bond donors (Lipinski definition) is 0. The van der Waals surface area contributed by atoms with Crippen molar-refractivity contribution in [3.63, 3.8) is 0 Å². The number of hydrogen-bond acceptors (Lipinski definition) is 3. The van der Waals surface area contributed by atoms with Crippen LogP contribution < -0.4 is 15.3 Å². The average Bonchev–Trinajstić information content (AvgIpc) is 3.74. The highest BCUT2D eigenvalue weighted by Gasteiger charge is 2.37. The molecule has 220 valence electrons. The van der Waals surface area contributed by atoms with Gasteiger partial charge in [-0.1, -0.05) is 92.0 Å². The molecule has 46 heavy (non-hydrogen) atoms. The molecule has 2 aromatic heterocycles. The van der Waals surface area contributed by atoms with Crippen molar-refractivity contribution >= 4 is 95.0 Å². The van der Waals surface area contributed by atoms with E-state index < -0.39 is 8.07 Å². The standard InChI is InChI=1S/C42H31NOSSi/c1-46(2)37-18-9-8-15-30(37)31-22-20-28(25-38(31)46)43(27-12-4-3-5-13-27)34-16-10-17-35-39(34)40-36(44-35)24-23-33-32-21-19-26-11-6-7-14-29(26)41(32)45-42(33)40/h3-5,7-10,12-25H,6,11H2,1-2H3. The molecule has 10 rings (SSSR count). The van der Waals surface area contributed by atoms with Gasteiger partial charge in [0.15, 0.2) is 0 Å². The molecule has 2 aliphatic rings. The van der Waals surface area contributed by atoms with Gasteiger partial charge in [0.1, 0.15) is 19.2 Å². The number of furan rings is 1. The smallest absolute Gasteiger partial charge is 0.137 e. The number of rotatable bonds is 3. The van der Waals surface area contributed by atoms with Gasteiger partial charge in [-0.05, 0) is 94.0 Å². The number of para-hydroxylation sites is 1. The fourth-order valence-electron chi connectivity index (χ4n) is 8.11. The summed E-state index contributed by atoms with van der Waals surface area (Å²) in [5, 5.41) is 8.05. The van der Waals surface area contributed by atoms with Crippen LogP contribution in [0, 0.1) is 0 Å². The minimum Gasteiger partial charge on any atom is -0.456 e. The van der Waals surface area contributed by atoms with Crippen molar-refractivity contribution < 1.29 is 4.42 Å². The van der Waals surface area contributed by atoms with E-state index in [-0.39, 0.29) is 0 Å². The second-order valence-corrected chi connectivity index (χ2v) is 18.5. The highest BCUT2D eigenvalue weighted by Crippen LogP contribution is 2.49. The second kappa shape index (κ2) is 9.55. The molecule has 6 aromatic carbocycles. The molecule has 2 nitrogen and oxygen atoms in total. The molecule has 0 saturated heterocycles. The Morgan fingerprint density at radius 3 is 2.35 bits per heavy atom. The monoisotopic (exact) mass is 625 g/mol. The minimum atomic E-state index is -1.86. The average molecular weight is 626 g/mol. The Balaban J connectivity index is 1.27. The van der Waals surface area contributed by atoms with Gasteiger partial charge in [0.2, 0.25) is 0 Å². The highest BCUT2D eigenvalue weighted by atomic mass is 32.1. The number of benzene rings is 6. The molecular formula is C42H31NOSSi. The van der Waals surface area contributed by atoms with Crippen LogP contribution in [0.1, 0.15) is 17.5 Å². The largest absolute Gasteiger partial charge is 0.456 e. The van der Waals surface area contributed by atoms with E-state index in [0.29, 0.717) is 0 Å². The molecule has 0 atom stereocenters. The van der Waals surface area contributed by atoms with Crippen LogP contribution in [-0.4, -0.2) is 8.07 Å². The van der Waals surface area contributed by atoms with Gasteiger partial charge in [0, 0.05) is 36.9 Å². The maximum Gasteiger partial charge on any atom is 0.137 e. The second-order valence-electron chi connectivity index (χ2n) is 13.2. The first kappa shape index (κ1) is 26.3. The Labute approximate surface area is 272 Å². The SMILES string of the molecule is C[Si]1(C)c2ccccc2-c2ccc(N(c3ccccc3)c3cccc4oc5ccc6c7ccc8c(c7sc6c5c34)C=CCC8)cc21. The molecule has 3 heterocycles. The summed E-state index contributed by atoms with van der Waals surface area (Å²) in [6.45, 7) is 4.98. The van der Waals surface area contributed by atoms with Crippen LogP contribution in [0.3, 0.4) is 0 Å². The summed E-state index contributed by atoms with van der Waals surface area (Å²) >= 11 is 1.92. The lowest BCUT2D eigenvalue weighted by Gasteiger charge is -2.28. The molecule has 1 aliphatic carbocycles. The van der Waals surface area contributed by atoms with Crippen molar-refractivity contribution in [2.24, 2.45) is 0 Å². The van der Waals surface area contributed by atoms with E-state index in [1.54, 1.807) is 0 Å². The van der Waals surface area contributed by atoms with E-state index >= 15 is 0 Å². The van der Waals surface area contributed by atoms with Gasteiger partial charge in [-0.15, -0.1) is 11.3 Å². The van der Waals surface area contributed by atoms with Gasteiger partial charge in [0.05, 0.1) is 11.1 Å². The quantitative estimate of drug-likeness (QED) is 0.182. The van der Waals surface area contributed by atoms with Crippen LogP contribution in [0.2, 0.25) is 13.1 Å². The van der Waals surface area contributed by atoms with Crippen LogP contribution >= 0.6 is 11.3 Å². The summed E-state index contributed by atoms with van der Waals surface area (Å²) in [5.41, 5.74) is 11.0. The maximum absolute atomic E-state index is 6.65. The van der Waals surface area contributed by atoms with Gasteiger partial charge in [-0.25, -0.2) is 0 Å². The van der Waals surface area contributed by atoms with Crippen molar-refractivity contribution in [1.29, 1.82) is 0 Å². The fraction of sp³-hybridized carbons (Fsp3) is 0.0952. The number of nitrogens with zero attached hydrogens (tertiary/aromatic N) is 1. The lowest BCUT2D eigenvalue weighted by molar-refractivity contribution is 0.669. The Hall–Kier alpha value is -4.90. The van der Waals surface area contributed by atoms with Crippen molar-refractivity contribution in [3.8, 4) is 11.1 Å². The zero-order valence-corrected chi connectivity index (χ0v) is 27.6. The molecule has 0 spiro atoms. The summed E-state index contributed by atoms with van der Waals surface area (Å²) in [7, 11) is -1.86. The first-order chi connectivity index (χ1) is 22.6. The van der Waals surface area contributed by atoms with Gasteiger partial charge in [0.25, 0.3) is 0 Å². The first-order valence-electron chi connectivity index (χ1n) is 16.2. The number of thiophene rings is 1. The van der Waals surface area contributed by atoms with E-state index in [1.807, 2.05) is 11.3 Å². The van der Waals surface area contributed by atoms with Crippen LogP contribution in [-0.2, 0) is 6.42 Å². The Morgan fingerprint density at radius 2 is 1.43 bits per heavy atom. The van der Waals surface area contributed by atoms with E-state index in [0.717, 1.165) is 35.4 Å². The van der Waals surface area contributed by atoms with Crippen LogP contribution in [0.25, 0.3) is 59.3 Å². The third kappa shape index (κ3) is 3.57. The number of fused-ring (bicyclic) bond motifs is 12. The minimum absolute atomic E-state index is 0.920. The Morgan fingerprint density at radius 1 is 0.652 bits per heavy atom. The zero-order chi connectivity index (χ0) is 30.6. The van der Waals surface area contributed by atoms with Gasteiger partial charge < -0.3 is 9.32 Å². The molecule has 1 aliphatic heterocycles. The molecule has 8 aromatic rings. The molecule has 0 unspecified atom stereocenters. The molecule has 4 heteroatoms. The molecule has 0 fully saturated rings. The summed E-state index contributed by atoms with van der Waals surface area (Å²) in [5.74, 6) is 0. The molecule has 0 saturated carbocycles. The summed E-state index contributed by atoms with van der Waals surface area (Å²) in [4.78, 5) is 2.45. The van der Waals surface area contributed by atoms with Crippen molar-refractivity contribution in [3.05, 3.63) is 132 Å². The summed E-state index contributed by atoms with van der Waals surface area (Å²) in [6.07, 6.45) is 6.89. The van der Waals surface area contributed by atoms with Gasteiger partial charge in [-0.2, -0.15) is 0 Å². The third-order valence-electron chi connectivity index (χ3n) is 10.3. The normalized spacial score (nSPS) is 14.7. The topological polar surface area (TPSA) is 16.4 Å². The predicted octanol–water partition coefficient (Wildman–Crippen LogP) is 11.2. The first-order valence-corrected chi connectivity index (χ1v) is 20.0. The van der Waals surface area contributed by atoms with E-state index in [4.69, 9.17) is 4.42 Å². The molecular weight excluding hydrogens is 595 g/mol. The molecule has 0 radical (unpaired) electrons. The zero-order valence-electron chi connectivity index (χ0n) is 25.8. The third-order valence-corrected chi connectivity index (χ3v) is 15.1. The summed E-state index contributed by atoms with van der Waals surface area (Å²) in [6, 6.07) is 42.6. The van der Waals surface area contributed by atoms with Crippen molar-refractivity contribution in [2.45, 2.75) is 25.9 Å². The van der Waals surface area contributed by atoms with Crippen molar-refractivity contribution in [2.75, 3.05) is 4.90 Å². The Kier molecular flexibility index (Phi) is 5.47. The molecule has 0 N–H and O–H groups in total.